The summed E-state index contributed by atoms with van der Waals surface area (Å²) in [7, 11) is 2.25. The van der Waals surface area contributed by atoms with Gasteiger partial charge in [0.2, 0.25) is 0 Å². The van der Waals surface area contributed by atoms with Crippen LogP contribution in [0, 0.1) is 5.92 Å². The summed E-state index contributed by atoms with van der Waals surface area (Å²) in [6, 6.07) is 5.99. The average molecular weight is 268 g/mol. The summed E-state index contributed by atoms with van der Waals surface area (Å²) in [6.07, 6.45) is 0. The van der Waals surface area contributed by atoms with E-state index in [0.29, 0.717) is 24.0 Å². The second-order valence-corrected chi connectivity index (χ2v) is 6.71. The van der Waals surface area contributed by atoms with Crippen LogP contribution in [0.4, 0.5) is 0 Å². The van der Waals surface area contributed by atoms with Crippen LogP contribution in [0.25, 0.3) is 0 Å². The van der Waals surface area contributed by atoms with Crippen LogP contribution in [0.3, 0.4) is 0 Å². The lowest BCUT2D eigenvalue weighted by atomic mass is 10.0. The predicted octanol–water partition coefficient (Wildman–Crippen LogP) is 3.76. The van der Waals surface area contributed by atoms with Gasteiger partial charge >= 0.3 is 0 Å². The molecular weight excluding hydrogens is 240 g/mol. The van der Waals surface area contributed by atoms with Gasteiger partial charge in [0.15, 0.2) is 0 Å². The quantitative estimate of drug-likeness (QED) is 0.810. The summed E-state index contributed by atoms with van der Waals surface area (Å²) in [6.45, 7) is 12.4. The van der Waals surface area contributed by atoms with Gasteiger partial charge in [-0.3, -0.25) is 4.90 Å². The molecule has 1 N–H and O–H groups in total. The zero-order chi connectivity index (χ0) is 13.7. The van der Waals surface area contributed by atoms with Crippen molar-refractivity contribution in [3.8, 4) is 0 Å². The third kappa shape index (κ3) is 4.38. The van der Waals surface area contributed by atoms with Crippen molar-refractivity contribution < 1.29 is 0 Å². The molecule has 0 bridgehead atoms. The van der Waals surface area contributed by atoms with Gasteiger partial charge in [-0.1, -0.05) is 33.8 Å². The van der Waals surface area contributed by atoms with Crippen LogP contribution in [0.5, 0.6) is 0 Å². The Morgan fingerprint density at radius 3 is 2.33 bits per heavy atom. The monoisotopic (exact) mass is 268 g/mol. The lowest BCUT2D eigenvalue weighted by Crippen LogP contribution is -2.46. The molecule has 2 unspecified atom stereocenters. The minimum absolute atomic E-state index is 0.492. The first kappa shape index (κ1) is 15.7. The highest BCUT2D eigenvalue weighted by Gasteiger charge is 2.24. The lowest BCUT2D eigenvalue weighted by molar-refractivity contribution is 0.141. The Bertz CT molecular complexity index is 319. The van der Waals surface area contributed by atoms with Gasteiger partial charge in [0.1, 0.15) is 0 Å². The SMILES string of the molecule is CC(C)NCC(C(C)C)N(C)C(C)c1cccs1. The Hall–Kier alpha value is -0.380. The molecule has 1 aromatic rings. The maximum atomic E-state index is 3.57. The number of hydrogen-bond donors (Lipinski definition) is 1. The van der Waals surface area contributed by atoms with Crippen LogP contribution in [0.2, 0.25) is 0 Å². The van der Waals surface area contributed by atoms with E-state index in [-0.39, 0.29) is 0 Å². The second-order valence-electron chi connectivity index (χ2n) is 5.73. The molecule has 104 valence electrons. The van der Waals surface area contributed by atoms with Crippen LogP contribution in [-0.2, 0) is 0 Å². The van der Waals surface area contributed by atoms with E-state index in [0.717, 1.165) is 6.54 Å². The molecule has 1 heterocycles. The minimum atomic E-state index is 0.492. The van der Waals surface area contributed by atoms with E-state index in [4.69, 9.17) is 0 Å². The van der Waals surface area contributed by atoms with Gasteiger partial charge in [-0.2, -0.15) is 0 Å². The largest absolute Gasteiger partial charge is 0.313 e. The number of likely N-dealkylation sites (N-methyl/N-ethyl adjacent to an activating group) is 1. The van der Waals surface area contributed by atoms with Crippen LogP contribution in [0.15, 0.2) is 17.5 Å². The number of nitrogens with zero attached hydrogens (tertiary/aromatic N) is 1. The van der Waals surface area contributed by atoms with Crippen molar-refractivity contribution in [1.82, 2.24) is 10.2 Å². The van der Waals surface area contributed by atoms with Crippen molar-refractivity contribution in [2.24, 2.45) is 5.92 Å². The van der Waals surface area contributed by atoms with Crippen molar-refractivity contribution >= 4 is 11.3 Å². The molecule has 0 spiro atoms. The summed E-state index contributed by atoms with van der Waals surface area (Å²) in [5.74, 6) is 0.656. The van der Waals surface area contributed by atoms with Crippen molar-refractivity contribution in [2.75, 3.05) is 13.6 Å². The third-order valence-corrected chi connectivity index (χ3v) is 4.64. The Balaban J connectivity index is 2.67. The predicted molar refractivity (Wildman–Crippen MR) is 82.3 cm³/mol. The van der Waals surface area contributed by atoms with Gasteiger partial charge in [-0.25, -0.2) is 0 Å². The zero-order valence-electron chi connectivity index (χ0n) is 12.6. The van der Waals surface area contributed by atoms with Gasteiger partial charge in [-0.15, -0.1) is 11.3 Å². The van der Waals surface area contributed by atoms with Crippen molar-refractivity contribution in [1.29, 1.82) is 0 Å². The van der Waals surface area contributed by atoms with Crippen molar-refractivity contribution in [3.63, 3.8) is 0 Å². The van der Waals surface area contributed by atoms with Crippen molar-refractivity contribution in [3.05, 3.63) is 22.4 Å². The fraction of sp³-hybridized carbons (Fsp3) is 0.733. The number of rotatable bonds is 7. The molecule has 0 fully saturated rings. The highest BCUT2D eigenvalue weighted by molar-refractivity contribution is 7.10. The number of thiophene rings is 1. The van der Waals surface area contributed by atoms with Gasteiger partial charge < -0.3 is 5.32 Å². The molecule has 1 rings (SSSR count). The first-order valence-corrected chi connectivity index (χ1v) is 7.80. The van der Waals surface area contributed by atoms with Crippen LogP contribution in [0.1, 0.15) is 45.5 Å². The maximum absolute atomic E-state index is 3.57. The average Bonchev–Trinajstić information content (AvgIpc) is 2.80. The van der Waals surface area contributed by atoms with Crippen LogP contribution >= 0.6 is 11.3 Å². The lowest BCUT2D eigenvalue weighted by Gasteiger charge is -2.36. The van der Waals surface area contributed by atoms with Gasteiger partial charge in [0.25, 0.3) is 0 Å². The third-order valence-electron chi connectivity index (χ3n) is 3.59. The molecule has 0 aliphatic rings. The molecule has 0 aliphatic carbocycles. The molecule has 3 heteroatoms. The molecule has 2 atom stereocenters. The summed E-state index contributed by atoms with van der Waals surface area (Å²) in [4.78, 5) is 3.96. The smallest absolute Gasteiger partial charge is 0.0413 e. The minimum Gasteiger partial charge on any atom is -0.313 e. The topological polar surface area (TPSA) is 15.3 Å². The molecule has 0 radical (unpaired) electrons. The highest BCUT2D eigenvalue weighted by atomic mass is 32.1. The molecule has 0 saturated heterocycles. The maximum Gasteiger partial charge on any atom is 0.0413 e. The van der Waals surface area contributed by atoms with E-state index in [9.17, 15) is 0 Å². The Kier molecular flexibility index (Phi) is 6.33. The molecule has 0 aliphatic heterocycles. The second kappa shape index (κ2) is 7.27. The van der Waals surface area contributed by atoms with Gasteiger partial charge in [0, 0.05) is 29.5 Å². The van der Waals surface area contributed by atoms with E-state index in [2.05, 4.69) is 69.4 Å². The molecule has 0 amide bonds. The van der Waals surface area contributed by atoms with Gasteiger partial charge in [0.05, 0.1) is 0 Å². The molecule has 2 nitrogen and oxygen atoms in total. The summed E-state index contributed by atoms with van der Waals surface area (Å²) in [5.41, 5.74) is 0. The molecule has 0 saturated carbocycles. The molecule has 0 aromatic carbocycles. The summed E-state index contributed by atoms with van der Waals surface area (Å²) < 4.78 is 0. The van der Waals surface area contributed by atoms with Crippen LogP contribution < -0.4 is 5.32 Å². The Morgan fingerprint density at radius 1 is 1.22 bits per heavy atom. The van der Waals surface area contributed by atoms with Crippen LogP contribution in [-0.4, -0.2) is 30.6 Å². The molecular formula is C15H28N2S. The molecule has 18 heavy (non-hydrogen) atoms. The summed E-state index contributed by atoms with van der Waals surface area (Å²) in [5, 5.41) is 5.73. The summed E-state index contributed by atoms with van der Waals surface area (Å²) >= 11 is 1.85. The normalized spacial score (nSPS) is 15.6. The van der Waals surface area contributed by atoms with E-state index < -0.39 is 0 Å². The fourth-order valence-electron chi connectivity index (χ4n) is 2.22. The van der Waals surface area contributed by atoms with E-state index in [1.807, 2.05) is 11.3 Å². The van der Waals surface area contributed by atoms with E-state index in [1.165, 1.54) is 4.88 Å². The van der Waals surface area contributed by atoms with Gasteiger partial charge in [-0.05, 0) is 31.3 Å². The van der Waals surface area contributed by atoms with E-state index >= 15 is 0 Å². The zero-order valence-corrected chi connectivity index (χ0v) is 13.4. The highest BCUT2D eigenvalue weighted by Crippen LogP contribution is 2.26. The Morgan fingerprint density at radius 2 is 1.89 bits per heavy atom. The molecule has 1 aromatic heterocycles. The standard InChI is InChI=1S/C15H28N2S/c1-11(2)14(10-16-12(3)4)17(6)13(5)15-8-7-9-18-15/h7-9,11-14,16H,10H2,1-6H3. The number of nitrogens with one attached hydrogen (secondary N) is 1. The first-order chi connectivity index (χ1) is 8.43. The fourth-order valence-corrected chi connectivity index (χ4v) is 3.06. The van der Waals surface area contributed by atoms with E-state index in [1.54, 1.807) is 0 Å². The first-order valence-electron chi connectivity index (χ1n) is 6.92. The number of hydrogen-bond acceptors (Lipinski definition) is 3. The Labute approximate surface area is 116 Å². The van der Waals surface area contributed by atoms with Crippen molar-refractivity contribution in [2.45, 2.75) is 52.7 Å².